The molecular weight excluding hydrogens is 342 g/mol. The second kappa shape index (κ2) is 6.05. The highest BCUT2D eigenvalue weighted by Gasteiger charge is 2.42. The highest BCUT2D eigenvalue weighted by atomic mass is 32.1. The summed E-state index contributed by atoms with van der Waals surface area (Å²) in [5.41, 5.74) is -0.287. The van der Waals surface area contributed by atoms with Gasteiger partial charge in [-0.15, -0.1) is 11.3 Å². The van der Waals surface area contributed by atoms with Crippen LogP contribution in [0.2, 0.25) is 0 Å². The molecule has 1 saturated heterocycles. The number of likely N-dealkylation sites (tertiary alicyclic amines) is 1. The minimum Gasteiger partial charge on any atom is -0.278 e. The molecule has 8 heteroatoms. The zero-order chi connectivity index (χ0) is 17.6. The number of amides is 2. The van der Waals surface area contributed by atoms with Gasteiger partial charge in [-0.3, -0.25) is 29.5 Å². The van der Waals surface area contributed by atoms with E-state index in [1.165, 1.54) is 23.1 Å². The van der Waals surface area contributed by atoms with Crippen LogP contribution in [-0.2, 0) is 0 Å². The van der Waals surface area contributed by atoms with Crippen molar-refractivity contribution in [2.24, 2.45) is 0 Å². The fourth-order valence-corrected chi connectivity index (χ4v) is 4.47. The van der Waals surface area contributed by atoms with E-state index in [0.717, 1.165) is 24.3 Å². The van der Waals surface area contributed by atoms with Crippen molar-refractivity contribution in [3.63, 3.8) is 0 Å². The van der Waals surface area contributed by atoms with Gasteiger partial charge in [-0.1, -0.05) is 12.1 Å². The van der Waals surface area contributed by atoms with E-state index < -0.39 is 16.7 Å². The highest BCUT2D eigenvalue weighted by molar-refractivity contribution is 7.10. The lowest BCUT2D eigenvalue weighted by atomic mass is 10.1. The molecule has 1 fully saturated rings. The van der Waals surface area contributed by atoms with Gasteiger partial charge in [-0.2, -0.15) is 0 Å². The third kappa shape index (κ3) is 2.54. The lowest BCUT2D eigenvalue weighted by Crippen LogP contribution is -2.40. The number of thiophene rings is 1. The molecular formula is C17H15N3O4S. The van der Waals surface area contributed by atoms with Crippen molar-refractivity contribution in [2.45, 2.75) is 18.9 Å². The standard InChI is InChI=1S/C17H15N3O4S/c21-16-11-4-1-5-13(20(23)24)15(11)17(22)19(16)10-18-8-2-6-12(18)14-7-3-9-25-14/h1,3-5,7,9,12H,2,6,8,10H2/t12-/m0/s1. The fraction of sp³-hybridized carbons (Fsp3) is 0.294. The maximum Gasteiger partial charge on any atom is 0.282 e. The van der Waals surface area contributed by atoms with Gasteiger partial charge < -0.3 is 0 Å². The van der Waals surface area contributed by atoms with Gasteiger partial charge in [0.05, 0.1) is 17.2 Å². The highest BCUT2D eigenvalue weighted by Crippen LogP contribution is 2.36. The Morgan fingerprint density at radius 3 is 2.76 bits per heavy atom. The fourth-order valence-electron chi connectivity index (χ4n) is 3.58. The maximum absolute atomic E-state index is 12.7. The van der Waals surface area contributed by atoms with Crippen molar-refractivity contribution >= 4 is 28.8 Å². The van der Waals surface area contributed by atoms with E-state index in [1.54, 1.807) is 11.3 Å². The summed E-state index contributed by atoms with van der Waals surface area (Å²) in [6.07, 6.45) is 1.97. The first-order valence-electron chi connectivity index (χ1n) is 7.99. The van der Waals surface area contributed by atoms with Gasteiger partial charge in [0.2, 0.25) is 0 Å². The number of fused-ring (bicyclic) bond motifs is 1. The molecule has 1 aromatic carbocycles. The van der Waals surface area contributed by atoms with Gasteiger partial charge in [0.15, 0.2) is 0 Å². The number of carbonyl (C=O) groups is 2. The molecule has 0 radical (unpaired) electrons. The van der Waals surface area contributed by atoms with Crippen LogP contribution in [0.25, 0.3) is 0 Å². The molecule has 1 atom stereocenters. The van der Waals surface area contributed by atoms with Crippen molar-refractivity contribution < 1.29 is 14.5 Å². The minimum atomic E-state index is -0.613. The predicted molar refractivity (Wildman–Crippen MR) is 91.5 cm³/mol. The molecule has 0 unspecified atom stereocenters. The molecule has 3 heterocycles. The number of nitrogens with zero attached hydrogens (tertiary/aromatic N) is 3. The van der Waals surface area contributed by atoms with Crippen LogP contribution in [-0.4, -0.2) is 39.8 Å². The Labute approximate surface area is 147 Å². The van der Waals surface area contributed by atoms with Crippen LogP contribution in [0, 0.1) is 10.1 Å². The van der Waals surface area contributed by atoms with Gasteiger partial charge in [-0.25, -0.2) is 0 Å². The Bertz CT molecular complexity index is 865. The van der Waals surface area contributed by atoms with Crippen LogP contribution in [0.1, 0.15) is 44.5 Å². The van der Waals surface area contributed by atoms with Gasteiger partial charge in [0, 0.05) is 23.5 Å². The Morgan fingerprint density at radius 2 is 2.04 bits per heavy atom. The van der Waals surface area contributed by atoms with Crippen molar-refractivity contribution in [3.05, 3.63) is 61.8 Å². The third-order valence-electron chi connectivity index (χ3n) is 4.73. The predicted octanol–water partition coefficient (Wildman–Crippen LogP) is 3.05. The third-order valence-corrected chi connectivity index (χ3v) is 5.71. The summed E-state index contributed by atoms with van der Waals surface area (Å²) >= 11 is 1.66. The SMILES string of the molecule is O=C1c2cccc([N+](=O)[O-])c2C(=O)N1CN1CCC[C@H]1c1cccs1. The summed E-state index contributed by atoms with van der Waals surface area (Å²) < 4.78 is 0. The van der Waals surface area contributed by atoms with E-state index in [2.05, 4.69) is 11.0 Å². The number of rotatable bonds is 4. The lowest BCUT2D eigenvalue weighted by Gasteiger charge is -2.27. The van der Waals surface area contributed by atoms with E-state index in [0.29, 0.717) is 0 Å². The molecule has 128 valence electrons. The van der Waals surface area contributed by atoms with E-state index in [4.69, 9.17) is 0 Å². The average Bonchev–Trinajstić information content (AvgIpc) is 3.32. The Balaban J connectivity index is 1.62. The lowest BCUT2D eigenvalue weighted by molar-refractivity contribution is -0.385. The van der Waals surface area contributed by atoms with Crippen LogP contribution >= 0.6 is 11.3 Å². The summed E-state index contributed by atoms with van der Waals surface area (Å²) in [6, 6.07) is 8.40. The molecule has 0 saturated carbocycles. The number of hydrogen-bond donors (Lipinski definition) is 0. The van der Waals surface area contributed by atoms with Crippen LogP contribution in [0.5, 0.6) is 0 Å². The molecule has 4 rings (SSSR count). The summed E-state index contributed by atoms with van der Waals surface area (Å²) in [5.74, 6) is -1.04. The number of nitro groups is 1. The minimum absolute atomic E-state index is 0.0932. The van der Waals surface area contributed by atoms with Crippen LogP contribution < -0.4 is 0 Å². The van der Waals surface area contributed by atoms with E-state index in [-0.39, 0.29) is 29.5 Å². The molecule has 0 spiro atoms. The Morgan fingerprint density at radius 1 is 1.20 bits per heavy atom. The normalized spacial score (nSPS) is 20.3. The summed E-state index contributed by atoms with van der Waals surface area (Å²) in [7, 11) is 0. The largest absolute Gasteiger partial charge is 0.282 e. The van der Waals surface area contributed by atoms with Gasteiger partial charge in [0.25, 0.3) is 17.5 Å². The van der Waals surface area contributed by atoms with Crippen molar-refractivity contribution in [1.29, 1.82) is 0 Å². The smallest absolute Gasteiger partial charge is 0.278 e. The molecule has 0 N–H and O–H groups in total. The molecule has 0 aliphatic carbocycles. The molecule has 0 bridgehead atoms. The second-order valence-electron chi connectivity index (χ2n) is 6.12. The van der Waals surface area contributed by atoms with Crippen molar-refractivity contribution in [2.75, 3.05) is 13.2 Å². The van der Waals surface area contributed by atoms with Crippen molar-refractivity contribution in [1.82, 2.24) is 9.80 Å². The maximum atomic E-state index is 12.7. The first kappa shape index (κ1) is 15.9. The molecule has 2 aromatic rings. The van der Waals surface area contributed by atoms with Crippen LogP contribution in [0.3, 0.4) is 0 Å². The van der Waals surface area contributed by atoms with E-state index in [1.807, 2.05) is 11.4 Å². The number of carbonyl (C=O) groups excluding carboxylic acids is 2. The molecule has 25 heavy (non-hydrogen) atoms. The first-order valence-corrected chi connectivity index (χ1v) is 8.87. The average molecular weight is 357 g/mol. The summed E-state index contributed by atoms with van der Waals surface area (Å²) in [5, 5.41) is 13.2. The van der Waals surface area contributed by atoms with Gasteiger partial charge in [-0.05, 0) is 30.4 Å². The van der Waals surface area contributed by atoms with Gasteiger partial charge in [0.1, 0.15) is 5.56 Å². The molecule has 2 aliphatic rings. The number of hydrogen-bond acceptors (Lipinski definition) is 6. The molecule has 2 aliphatic heterocycles. The second-order valence-corrected chi connectivity index (χ2v) is 7.10. The Hall–Kier alpha value is -2.58. The first-order chi connectivity index (χ1) is 12.1. The zero-order valence-electron chi connectivity index (χ0n) is 13.3. The topological polar surface area (TPSA) is 83.8 Å². The molecule has 1 aromatic heterocycles. The van der Waals surface area contributed by atoms with Crippen LogP contribution in [0.4, 0.5) is 5.69 Å². The zero-order valence-corrected chi connectivity index (χ0v) is 14.1. The van der Waals surface area contributed by atoms with Gasteiger partial charge >= 0.3 is 0 Å². The van der Waals surface area contributed by atoms with E-state index >= 15 is 0 Å². The Kier molecular flexibility index (Phi) is 3.85. The number of nitro benzene ring substituents is 1. The summed E-state index contributed by atoms with van der Waals surface area (Å²) in [6.45, 7) is 0.949. The van der Waals surface area contributed by atoms with Crippen LogP contribution in [0.15, 0.2) is 35.7 Å². The number of imide groups is 1. The molecule has 2 amide bonds. The quantitative estimate of drug-likeness (QED) is 0.477. The molecule has 7 nitrogen and oxygen atoms in total. The number of benzene rings is 1. The summed E-state index contributed by atoms with van der Waals surface area (Å²) in [4.78, 5) is 40.3. The van der Waals surface area contributed by atoms with Crippen molar-refractivity contribution in [3.8, 4) is 0 Å². The van der Waals surface area contributed by atoms with E-state index in [9.17, 15) is 19.7 Å². The monoisotopic (exact) mass is 357 g/mol.